The first kappa shape index (κ1) is 17.7. The van der Waals surface area contributed by atoms with Gasteiger partial charge in [0, 0.05) is 19.5 Å². The maximum absolute atomic E-state index is 11.9. The van der Waals surface area contributed by atoms with Crippen molar-refractivity contribution in [1.29, 1.82) is 0 Å². The Morgan fingerprint density at radius 1 is 1.32 bits per heavy atom. The molecule has 4 nitrogen and oxygen atoms in total. The highest BCUT2D eigenvalue weighted by Gasteiger charge is 2.11. The van der Waals surface area contributed by atoms with Gasteiger partial charge in [-0.2, -0.15) is 0 Å². The molecule has 0 heterocycles. The van der Waals surface area contributed by atoms with Gasteiger partial charge in [-0.05, 0) is 37.6 Å². The van der Waals surface area contributed by atoms with Crippen LogP contribution >= 0.6 is 12.4 Å². The van der Waals surface area contributed by atoms with Crippen molar-refractivity contribution >= 4 is 18.3 Å². The zero-order valence-electron chi connectivity index (χ0n) is 11.6. The van der Waals surface area contributed by atoms with Gasteiger partial charge in [0.05, 0.1) is 7.11 Å². The fourth-order valence-corrected chi connectivity index (χ4v) is 1.74. The Labute approximate surface area is 121 Å². The lowest BCUT2D eigenvalue weighted by molar-refractivity contribution is -0.131. The lowest BCUT2D eigenvalue weighted by Crippen LogP contribution is -2.30. The molecule has 0 radical (unpaired) electrons. The fourth-order valence-electron chi connectivity index (χ4n) is 1.74. The quantitative estimate of drug-likeness (QED) is 0.836. The van der Waals surface area contributed by atoms with Gasteiger partial charge in [-0.3, -0.25) is 4.79 Å². The van der Waals surface area contributed by atoms with E-state index in [0.29, 0.717) is 19.5 Å². The summed E-state index contributed by atoms with van der Waals surface area (Å²) in [4.78, 5) is 13.8. The summed E-state index contributed by atoms with van der Waals surface area (Å²) in [5, 5.41) is 0. The molecule has 1 amide bonds. The van der Waals surface area contributed by atoms with Crippen LogP contribution in [-0.2, 0) is 11.3 Å². The third kappa shape index (κ3) is 5.94. The molecule has 2 N–H and O–H groups in total. The zero-order valence-corrected chi connectivity index (χ0v) is 12.4. The molecule has 19 heavy (non-hydrogen) atoms. The molecule has 0 bridgehead atoms. The number of hydrogen-bond acceptors (Lipinski definition) is 3. The third-order valence-corrected chi connectivity index (χ3v) is 2.86. The fraction of sp³-hybridized carbons (Fsp3) is 0.500. The maximum Gasteiger partial charge on any atom is 0.222 e. The Kier molecular flexibility index (Phi) is 9.00. The van der Waals surface area contributed by atoms with E-state index in [9.17, 15) is 4.79 Å². The van der Waals surface area contributed by atoms with Gasteiger partial charge in [0.15, 0.2) is 0 Å². The molecule has 0 aromatic heterocycles. The molecular weight excluding hydrogens is 264 g/mol. The Morgan fingerprint density at radius 2 is 1.95 bits per heavy atom. The highest BCUT2D eigenvalue weighted by Crippen LogP contribution is 2.13. The van der Waals surface area contributed by atoms with E-state index in [2.05, 4.69) is 0 Å². The number of nitrogens with two attached hydrogens (primary N) is 1. The van der Waals surface area contributed by atoms with E-state index in [-0.39, 0.29) is 18.3 Å². The monoisotopic (exact) mass is 286 g/mol. The summed E-state index contributed by atoms with van der Waals surface area (Å²) < 4.78 is 5.11. The molecule has 0 aliphatic rings. The first-order valence-corrected chi connectivity index (χ1v) is 6.32. The molecule has 0 spiro atoms. The van der Waals surface area contributed by atoms with Crippen molar-refractivity contribution in [3.05, 3.63) is 29.8 Å². The number of nitrogens with zero attached hydrogens (tertiary/aromatic N) is 1. The van der Waals surface area contributed by atoms with Crippen molar-refractivity contribution in [3.8, 4) is 5.75 Å². The Balaban J connectivity index is 0.00000324. The van der Waals surface area contributed by atoms with E-state index in [1.165, 1.54) is 0 Å². The molecule has 108 valence electrons. The number of methoxy groups -OCH3 is 1. The predicted octanol–water partition coefficient (Wildman–Crippen LogP) is 2.20. The summed E-state index contributed by atoms with van der Waals surface area (Å²) in [6, 6.07) is 7.79. The number of benzene rings is 1. The number of carbonyl (C=O) groups is 1. The third-order valence-electron chi connectivity index (χ3n) is 2.86. The summed E-state index contributed by atoms with van der Waals surface area (Å²) in [6.45, 7) is 3.91. The Bertz CT molecular complexity index is 368. The van der Waals surface area contributed by atoms with E-state index in [1.54, 1.807) is 7.11 Å². The van der Waals surface area contributed by atoms with Gasteiger partial charge in [0.25, 0.3) is 0 Å². The first-order valence-electron chi connectivity index (χ1n) is 6.32. The molecule has 0 saturated carbocycles. The van der Waals surface area contributed by atoms with E-state index in [4.69, 9.17) is 10.5 Å². The molecule has 0 unspecified atom stereocenters. The Morgan fingerprint density at radius 3 is 2.42 bits per heavy atom. The second kappa shape index (κ2) is 9.64. The molecule has 1 aromatic rings. The standard InChI is InChI=1S/C14H22N2O2.ClH/c1-3-16(14(17)5-4-10-15)11-12-6-8-13(18-2)9-7-12;/h6-9H,3-5,10-11,15H2,1-2H3;1H. The first-order chi connectivity index (χ1) is 8.71. The minimum absolute atomic E-state index is 0. The van der Waals surface area contributed by atoms with Crippen LogP contribution in [0.15, 0.2) is 24.3 Å². The normalized spacial score (nSPS) is 9.63. The lowest BCUT2D eigenvalue weighted by atomic mass is 10.2. The van der Waals surface area contributed by atoms with Crippen LogP contribution in [0.4, 0.5) is 0 Å². The van der Waals surface area contributed by atoms with Gasteiger partial charge in [-0.15, -0.1) is 12.4 Å². The number of ether oxygens (including phenoxy) is 1. The summed E-state index contributed by atoms with van der Waals surface area (Å²) in [7, 11) is 1.64. The summed E-state index contributed by atoms with van der Waals surface area (Å²) in [6.07, 6.45) is 1.28. The van der Waals surface area contributed by atoms with E-state index < -0.39 is 0 Å². The highest BCUT2D eigenvalue weighted by atomic mass is 35.5. The van der Waals surface area contributed by atoms with Crippen molar-refractivity contribution in [2.24, 2.45) is 5.73 Å². The SMILES string of the molecule is CCN(Cc1ccc(OC)cc1)C(=O)CCCN.Cl. The average molecular weight is 287 g/mol. The van der Waals surface area contributed by atoms with E-state index in [1.807, 2.05) is 36.1 Å². The van der Waals surface area contributed by atoms with Gasteiger partial charge in [-0.25, -0.2) is 0 Å². The zero-order chi connectivity index (χ0) is 13.4. The van der Waals surface area contributed by atoms with Crippen LogP contribution in [0, 0.1) is 0 Å². The number of amides is 1. The van der Waals surface area contributed by atoms with Crippen molar-refractivity contribution in [3.63, 3.8) is 0 Å². The van der Waals surface area contributed by atoms with Crippen LogP contribution in [0.5, 0.6) is 5.75 Å². The molecule has 0 fully saturated rings. The van der Waals surface area contributed by atoms with Crippen LogP contribution in [0.1, 0.15) is 25.3 Å². The van der Waals surface area contributed by atoms with Gasteiger partial charge in [-0.1, -0.05) is 12.1 Å². The van der Waals surface area contributed by atoms with Gasteiger partial charge in [0.2, 0.25) is 5.91 Å². The van der Waals surface area contributed by atoms with Gasteiger partial charge >= 0.3 is 0 Å². The molecule has 1 rings (SSSR count). The average Bonchev–Trinajstić information content (AvgIpc) is 2.42. The molecule has 0 atom stereocenters. The second-order valence-electron chi connectivity index (χ2n) is 4.15. The largest absolute Gasteiger partial charge is 0.497 e. The van der Waals surface area contributed by atoms with Crippen LogP contribution < -0.4 is 10.5 Å². The smallest absolute Gasteiger partial charge is 0.222 e. The van der Waals surface area contributed by atoms with Crippen molar-refractivity contribution in [2.45, 2.75) is 26.3 Å². The maximum atomic E-state index is 11.9. The van der Waals surface area contributed by atoms with E-state index in [0.717, 1.165) is 24.3 Å². The number of rotatable bonds is 7. The molecule has 1 aromatic carbocycles. The van der Waals surface area contributed by atoms with Crippen molar-refractivity contribution < 1.29 is 9.53 Å². The summed E-state index contributed by atoms with van der Waals surface area (Å²) in [5.41, 5.74) is 6.53. The topological polar surface area (TPSA) is 55.6 Å². The second-order valence-corrected chi connectivity index (χ2v) is 4.15. The molecule has 0 aliphatic carbocycles. The molecular formula is C14H23ClN2O2. The number of halogens is 1. The van der Waals surface area contributed by atoms with Crippen molar-refractivity contribution in [2.75, 3.05) is 20.2 Å². The minimum Gasteiger partial charge on any atom is -0.497 e. The summed E-state index contributed by atoms with van der Waals surface area (Å²) >= 11 is 0. The van der Waals surface area contributed by atoms with Gasteiger partial charge < -0.3 is 15.4 Å². The molecule has 5 heteroatoms. The number of hydrogen-bond donors (Lipinski definition) is 1. The molecule has 0 saturated heterocycles. The van der Waals surface area contributed by atoms with Gasteiger partial charge in [0.1, 0.15) is 5.75 Å². The van der Waals surface area contributed by atoms with Crippen LogP contribution in [-0.4, -0.2) is 31.0 Å². The molecule has 0 aliphatic heterocycles. The van der Waals surface area contributed by atoms with E-state index >= 15 is 0 Å². The van der Waals surface area contributed by atoms with Crippen LogP contribution in [0.2, 0.25) is 0 Å². The van der Waals surface area contributed by atoms with Crippen LogP contribution in [0.25, 0.3) is 0 Å². The van der Waals surface area contributed by atoms with Crippen LogP contribution in [0.3, 0.4) is 0 Å². The van der Waals surface area contributed by atoms with Crippen molar-refractivity contribution in [1.82, 2.24) is 4.90 Å². The highest BCUT2D eigenvalue weighted by molar-refractivity contribution is 5.85. The summed E-state index contributed by atoms with van der Waals surface area (Å²) in [5.74, 6) is 0.995. The predicted molar refractivity (Wildman–Crippen MR) is 79.6 cm³/mol. The number of carbonyl (C=O) groups excluding carboxylic acids is 1. The minimum atomic E-state index is 0. The lowest BCUT2D eigenvalue weighted by Gasteiger charge is -2.21. The Hall–Kier alpha value is -1.26.